The summed E-state index contributed by atoms with van der Waals surface area (Å²) >= 11 is 1.51. The van der Waals surface area contributed by atoms with Crippen LogP contribution in [0.5, 0.6) is 0 Å². The number of likely N-dealkylation sites (N-methyl/N-ethyl adjacent to an activating group) is 1. The fourth-order valence-corrected chi connectivity index (χ4v) is 8.10. The molecule has 55 heavy (non-hydrogen) atoms. The third kappa shape index (κ3) is 10.8. The number of anilines is 2. The van der Waals surface area contributed by atoms with Crippen molar-refractivity contribution in [3.8, 4) is 0 Å². The SMILES string of the molecule is COC(=O)c1ccc(CCc2ccc(NC(=O)c3c(NC(=O)c4cccc(CN(CCN(C)C(=O)OC(C)(C)C)C5CC5)c4)sc4c3CCCC4)cc2)cc1. The van der Waals surface area contributed by atoms with E-state index in [9.17, 15) is 19.2 Å². The first-order chi connectivity index (χ1) is 26.4. The summed E-state index contributed by atoms with van der Waals surface area (Å²) in [6.07, 6.45) is 7.28. The topological polar surface area (TPSA) is 117 Å². The highest BCUT2D eigenvalue weighted by Gasteiger charge is 2.30. The van der Waals surface area contributed by atoms with Gasteiger partial charge in [0.15, 0.2) is 0 Å². The molecule has 2 N–H and O–H groups in total. The number of aryl methyl sites for hydroxylation is 3. The monoisotopic (exact) mass is 764 g/mol. The Balaban J connectivity index is 1.09. The molecule has 1 fully saturated rings. The zero-order valence-corrected chi connectivity index (χ0v) is 33.4. The number of nitrogens with one attached hydrogen (secondary N) is 2. The number of methoxy groups -OCH3 is 1. The largest absolute Gasteiger partial charge is 0.465 e. The molecule has 1 aromatic heterocycles. The third-order valence-corrected chi connectivity index (χ3v) is 11.2. The van der Waals surface area contributed by atoms with Gasteiger partial charge in [0, 0.05) is 48.9 Å². The molecule has 0 saturated heterocycles. The van der Waals surface area contributed by atoms with Crippen molar-refractivity contribution < 1.29 is 28.7 Å². The highest BCUT2D eigenvalue weighted by Crippen LogP contribution is 2.39. The molecule has 4 aromatic rings. The van der Waals surface area contributed by atoms with Gasteiger partial charge in [0.25, 0.3) is 11.8 Å². The summed E-state index contributed by atoms with van der Waals surface area (Å²) < 4.78 is 10.3. The Bertz CT molecular complexity index is 2000. The van der Waals surface area contributed by atoms with E-state index in [1.165, 1.54) is 18.4 Å². The van der Waals surface area contributed by atoms with Gasteiger partial charge < -0.3 is 25.0 Å². The number of nitrogens with zero attached hydrogens (tertiary/aromatic N) is 2. The van der Waals surface area contributed by atoms with Gasteiger partial charge in [-0.2, -0.15) is 0 Å². The van der Waals surface area contributed by atoms with Crippen LogP contribution in [0.4, 0.5) is 15.5 Å². The highest BCUT2D eigenvalue weighted by molar-refractivity contribution is 7.17. The summed E-state index contributed by atoms with van der Waals surface area (Å²) in [5.41, 5.74) is 6.06. The zero-order valence-electron chi connectivity index (χ0n) is 32.5. The zero-order chi connectivity index (χ0) is 39.1. The van der Waals surface area contributed by atoms with Crippen molar-refractivity contribution in [2.45, 2.75) is 90.3 Å². The van der Waals surface area contributed by atoms with E-state index in [1.807, 2.05) is 81.4 Å². The van der Waals surface area contributed by atoms with E-state index in [0.29, 0.717) is 53.1 Å². The van der Waals surface area contributed by atoms with Crippen LogP contribution in [0.2, 0.25) is 0 Å². The number of carbonyl (C=O) groups is 4. The van der Waals surface area contributed by atoms with Crippen LogP contribution in [0.1, 0.15) is 105 Å². The molecular weight excluding hydrogens is 713 g/mol. The predicted octanol–water partition coefficient (Wildman–Crippen LogP) is 8.53. The number of carbonyl (C=O) groups excluding carboxylic acids is 4. The van der Waals surface area contributed by atoms with Gasteiger partial charge >= 0.3 is 12.1 Å². The number of esters is 1. The molecule has 1 saturated carbocycles. The smallest absolute Gasteiger partial charge is 0.410 e. The number of rotatable bonds is 14. The maximum atomic E-state index is 13.9. The number of thiophene rings is 1. The van der Waals surface area contributed by atoms with E-state index >= 15 is 0 Å². The molecule has 2 aliphatic rings. The van der Waals surface area contributed by atoms with Gasteiger partial charge in [-0.05, 0) is 131 Å². The lowest BCUT2D eigenvalue weighted by atomic mass is 9.95. The molecule has 0 aliphatic heterocycles. The summed E-state index contributed by atoms with van der Waals surface area (Å²) in [6, 6.07) is 23.4. The average Bonchev–Trinajstić information content (AvgIpc) is 3.95. The van der Waals surface area contributed by atoms with Crippen LogP contribution in [-0.4, -0.2) is 72.6 Å². The highest BCUT2D eigenvalue weighted by atomic mass is 32.1. The standard InChI is InChI=1S/C44H52N4O6S/c1-44(2,3)54-43(52)47(4)25-26-48(35-23-24-35)28-31-9-8-10-33(27-31)39(49)46-41-38(36-11-6-7-12-37(36)55-41)40(50)45-34-21-17-30(18-22-34)14-13-29-15-19-32(20-16-29)42(51)53-5/h8-10,15-22,27,35H,6-7,11-14,23-26,28H2,1-5H3,(H,45,50)(H,46,49). The van der Waals surface area contributed by atoms with E-state index in [0.717, 1.165) is 78.5 Å². The minimum absolute atomic E-state index is 0.224. The van der Waals surface area contributed by atoms with Crippen molar-refractivity contribution in [1.29, 1.82) is 0 Å². The Kier molecular flexibility index (Phi) is 12.7. The van der Waals surface area contributed by atoms with Crippen LogP contribution in [0, 0.1) is 0 Å². The lowest BCUT2D eigenvalue weighted by Crippen LogP contribution is -2.39. The van der Waals surface area contributed by atoms with Gasteiger partial charge in [-0.1, -0.05) is 36.4 Å². The number of hydrogen-bond acceptors (Lipinski definition) is 8. The molecular formula is C44H52N4O6S. The van der Waals surface area contributed by atoms with Crippen LogP contribution in [0.25, 0.3) is 0 Å². The second-order valence-electron chi connectivity index (χ2n) is 15.5. The molecule has 6 rings (SSSR count). The second-order valence-corrected chi connectivity index (χ2v) is 16.6. The van der Waals surface area contributed by atoms with Gasteiger partial charge in [0.05, 0.1) is 18.2 Å². The van der Waals surface area contributed by atoms with Gasteiger partial charge in [-0.25, -0.2) is 9.59 Å². The van der Waals surface area contributed by atoms with Gasteiger partial charge in [0.1, 0.15) is 10.6 Å². The minimum Gasteiger partial charge on any atom is -0.465 e. The first-order valence-electron chi connectivity index (χ1n) is 19.2. The van der Waals surface area contributed by atoms with Crippen LogP contribution in [0.3, 0.4) is 0 Å². The van der Waals surface area contributed by atoms with Crippen molar-refractivity contribution in [3.63, 3.8) is 0 Å². The summed E-state index contributed by atoms with van der Waals surface area (Å²) in [5, 5.41) is 6.79. The number of ether oxygens (including phenoxy) is 2. The number of amides is 3. The summed E-state index contributed by atoms with van der Waals surface area (Å²) in [4.78, 5) is 57.1. The van der Waals surface area contributed by atoms with E-state index in [1.54, 1.807) is 24.1 Å². The lowest BCUT2D eigenvalue weighted by molar-refractivity contribution is 0.0279. The fourth-order valence-electron chi connectivity index (χ4n) is 6.82. The molecule has 0 radical (unpaired) electrons. The molecule has 2 aliphatic carbocycles. The molecule has 290 valence electrons. The molecule has 0 spiro atoms. The molecule has 11 heteroatoms. The molecule has 0 unspecified atom stereocenters. The Hall–Kier alpha value is -5.00. The molecule has 1 heterocycles. The van der Waals surface area contributed by atoms with Crippen LogP contribution in [-0.2, 0) is 41.7 Å². The van der Waals surface area contributed by atoms with Gasteiger partial charge in [0.2, 0.25) is 0 Å². The maximum absolute atomic E-state index is 13.9. The van der Waals surface area contributed by atoms with Crippen molar-refractivity contribution in [1.82, 2.24) is 9.80 Å². The van der Waals surface area contributed by atoms with Crippen molar-refractivity contribution in [2.75, 3.05) is 37.9 Å². The van der Waals surface area contributed by atoms with Crippen LogP contribution in [0.15, 0.2) is 72.8 Å². The first-order valence-corrected chi connectivity index (χ1v) is 20.0. The fraction of sp³-hybridized carbons (Fsp3) is 0.409. The number of fused-ring (bicyclic) bond motifs is 1. The first kappa shape index (κ1) is 39.7. The normalized spacial score (nSPS) is 13.9. The van der Waals surface area contributed by atoms with Crippen molar-refractivity contribution in [2.24, 2.45) is 0 Å². The Morgan fingerprint density at radius 3 is 2.13 bits per heavy atom. The maximum Gasteiger partial charge on any atom is 0.410 e. The van der Waals surface area contributed by atoms with E-state index in [2.05, 4.69) is 15.5 Å². The molecule has 3 amide bonds. The lowest BCUT2D eigenvalue weighted by Gasteiger charge is -2.28. The second kappa shape index (κ2) is 17.6. The molecule has 3 aromatic carbocycles. The molecule has 0 atom stereocenters. The Labute approximate surface area is 328 Å². The van der Waals surface area contributed by atoms with E-state index < -0.39 is 5.60 Å². The van der Waals surface area contributed by atoms with Gasteiger partial charge in [-0.15, -0.1) is 11.3 Å². The Morgan fingerprint density at radius 1 is 0.800 bits per heavy atom. The summed E-state index contributed by atoms with van der Waals surface area (Å²) in [7, 11) is 3.13. The molecule has 0 bridgehead atoms. The average molecular weight is 765 g/mol. The van der Waals surface area contributed by atoms with Crippen molar-refractivity contribution in [3.05, 3.63) is 117 Å². The van der Waals surface area contributed by atoms with Crippen molar-refractivity contribution >= 4 is 45.9 Å². The molecule has 10 nitrogen and oxygen atoms in total. The third-order valence-electron chi connectivity index (χ3n) is 9.98. The number of benzene rings is 3. The number of hydrogen-bond donors (Lipinski definition) is 2. The summed E-state index contributed by atoms with van der Waals surface area (Å²) in [6.45, 7) is 7.50. The minimum atomic E-state index is -0.547. The van der Waals surface area contributed by atoms with E-state index in [-0.39, 0.29) is 23.9 Å². The van der Waals surface area contributed by atoms with Crippen LogP contribution < -0.4 is 10.6 Å². The summed E-state index contributed by atoms with van der Waals surface area (Å²) in [5.74, 6) is -0.822. The predicted molar refractivity (Wildman–Crippen MR) is 217 cm³/mol. The van der Waals surface area contributed by atoms with Crippen LogP contribution >= 0.6 is 11.3 Å². The quantitative estimate of drug-likeness (QED) is 0.124. The van der Waals surface area contributed by atoms with Gasteiger partial charge in [-0.3, -0.25) is 14.5 Å². The van der Waals surface area contributed by atoms with E-state index in [4.69, 9.17) is 9.47 Å². The Morgan fingerprint density at radius 2 is 1.47 bits per heavy atom.